The number of benzene rings is 1. The minimum absolute atomic E-state index is 0.0179. The van der Waals surface area contributed by atoms with Crippen molar-refractivity contribution in [3.63, 3.8) is 0 Å². The topological polar surface area (TPSA) is 40.5 Å². The van der Waals surface area contributed by atoms with E-state index in [1.165, 1.54) is 22.3 Å². The standard InChI is InChI=1S/C16H25NO2/c1-6-14(10-18)16(19)17(5)9-15-12(3)7-11(2)8-13(15)4/h7-8,14,18H,6,9-10H2,1-5H3. The van der Waals surface area contributed by atoms with Crippen LogP contribution in [0.4, 0.5) is 0 Å². The Morgan fingerprint density at radius 3 is 2.21 bits per heavy atom. The van der Waals surface area contributed by atoms with E-state index in [0.717, 1.165) is 0 Å². The summed E-state index contributed by atoms with van der Waals surface area (Å²) in [5, 5.41) is 9.21. The number of amides is 1. The highest BCUT2D eigenvalue weighted by Gasteiger charge is 2.20. The van der Waals surface area contributed by atoms with Gasteiger partial charge in [0.05, 0.1) is 12.5 Å². The molecule has 0 heterocycles. The van der Waals surface area contributed by atoms with Crippen LogP contribution in [0, 0.1) is 26.7 Å². The molecule has 0 bridgehead atoms. The molecule has 0 aromatic heterocycles. The second-order valence-electron chi connectivity index (χ2n) is 5.36. The predicted molar refractivity (Wildman–Crippen MR) is 78.0 cm³/mol. The molecule has 0 spiro atoms. The van der Waals surface area contributed by atoms with E-state index >= 15 is 0 Å². The van der Waals surface area contributed by atoms with Crippen LogP contribution in [0.2, 0.25) is 0 Å². The summed E-state index contributed by atoms with van der Waals surface area (Å²) >= 11 is 0. The molecule has 1 unspecified atom stereocenters. The number of carbonyl (C=O) groups excluding carboxylic acids is 1. The van der Waals surface area contributed by atoms with Crippen molar-refractivity contribution in [2.45, 2.75) is 40.7 Å². The second-order valence-corrected chi connectivity index (χ2v) is 5.36. The minimum Gasteiger partial charge on any atom is -0.396 e. The van der Waals surface area contributed by atoms with Gasteiger partial charge >= 0.3 is 0 Å². The van der Waals surface area contributed by atoms with Crippen molar-refractivity contribution in [1.29, 1.82) is 0 Å². The predicted octanol–water partition coefficient (Wildman–Crippen LogP) is 2.59. The summed E-state index contributed by atoms with van der Waals surface area (Å²) in [7, 11) is 1.80. The average Bonchev–Trinajstić information content (AvgIpc) is 2.34. The van der Waals surface area contributed by atoms with E-state index < -0.39 is 0 Å². The van der Waals surface area contributed by atoms with Crippen LogP contribution >= 0.6 is 0 Å². The van der Waals surface area contributed by atoms with Crippen LogP contribution in [0.3, 0.4) is 0 Å². The van der Waals surface area contributed by atoms with Crippen LogP contribution in [-0.4, -0.2) is 29.6 Å². The summed E-state index contributed by atoms with van der Waals surface area (Å²) in [5.74, 6) is -0.263. The molecule has 1 aromatic carbocycles. The number of rotatable bonds is 5. The highest BCUT2D eigenvalue weighted by atomic mass is 16.3. The van der Waals surface area contributed by atoms with Gasteiger partial charge in [0.25, 0.3) is 0 Å². The summed E-state index contributed by atoms with van der Waals surface area (Å²) in [4.78, 5) is 13.9. The Morgan fingerprint density at radius 2 is 1.79 bits per heavy atom. The van der Waals surface area contributed by atoms with Gasteiger partial charge in [0.15, 0.2) is 0 Å². The van der Waals surface area contributed by atoms with Gasteiger partial charge in [0.1, 0.15) is 0 Å². The fraction of sp³-hybridized carbons (Fsp3) is 0.562. The third-order valence-electron chi connectivity index (χ3n) is 3.67. The molecule has 0 saturated heterocycles. The maximum Gasteiger partial charge on any atom is 0.228 e. The number of nitrogens with zero attached hydrogens (tertiary/aromatic N) is 1. The van der Waals surface area contributed by atoms with E-state index in [-0.39, 0.29) is 18.4 Å². The summed E-state index contributed by atoms with van der Waals surface area (Å²) in [6, 6.07) is 4.29. The lowest BCUT2D eigenvalue weighted by Gasteiger charge is -2.24. The van der Waals surface area contributed by atoms with Gasteiger partial charge in [0, 0.05) is 13.6 Å². The maximum atomic E-state index is 12.2. The first-order chi connectivity index (χ1) is 8.90. The van der Waals surface area contributed by atoms with Crippen LogP contribution in [0.1, 0.15) is 35.6 Å². The molecule has 0 aliphatic rings. The molecule has 0 aliphatic carbocycles. The Bertz CT molecular complexity index is 427. The summed E-state index contributed by atoms with van der Waals surface area (Å²) in [5.41, 5.74) is 4.88. The van der Waals surface area contributed by atoms with Gasteiger partial charge < -0.3 is 10.0 Å². The van der Waals surface area contributed by atoms with Crippen molar-refractivity contribution in [1.82, 2.24) is 4.90 Å². The Hall–Kier alpha value is -1.35. The van der Waals surface area contributed by atoms with Crippen LogP contribution in [0.5, 0.6) is 0 Å². The molecule has 106 valence electrons. The average molecular weight is 263 g/mol. The maximum absolute atomic E-state index is 12.2. The van der Waals surface area contributed by atoms with Gasteiger partial charge in [-0.25, -0.2) is 0 Å². The molecule has 0 saturated carbocycles. The second kappa shape index (κ2) is 6.71. The van der Waals surface area contributed by atoms with E-state index in [1.807, 2.05) is 6.92 Å². The quantitative estimate of drug-likeness (QED) is 0.887. The van der Waals surface area contributed by atoms with Gasteiger partial charge in [0.2, 0.25) is 5.91 Å². The first kappa shape index (κ1) is 15.7. The molecule has 1 N–H and O–H groups in total. The fourth-order valence-electron chi connectivity index (χ4n) is 2.47. The molecule has 1 aromatic rings. The number of hydrogen-bond donors (Lipinski definition) is 1. The zero-order valence-corrected chi connectivity index (χ0v) is 12.7. The molecular formula is C16H25NO2. The Morgan fingerprint density at radius 1 is 1.26 bits per heavy atom. The highest BCUT2D eigenvalue weighted by Crippen LogP contribution is 2.19. The smallest absolute Gasteiger partial charge is 0.228 e. The van der Waals surface area contributed by atoms with Crippen molar-refractivity contribution in [3.05, 3.63) is 34.4 Å². The number of carbonyl (C=O) groups is 1. The Balaban J connectivity index is 2.88. The van der Waals surface area contributed by atoms with Crippen molar-refractivity contribution >= 4 is 5.91 Å². The number of aryl methyl sites for hydroxylation is 3. The number of aliphatic hydroxyl groups is 1. The van der Waals surface area contributed by atoms with E-state index in [9.17, 15) is 9.90 Å². The van der Waals surface area contributed by atoms with E-state index in [1.54, 1.807) is 11.9 Å². The largest absolute Gasteiger partial charge is 0.396 e. The SMILES string of the molecule is CCC(CO)C(=O)N(C)Cc1c(C)cc(C)cc1C. The van der Waals surface area contributed by atoms with Gasteiger partial charge in [-0.3, -0.25) is 4.79 Å². The van der Waals surface area contributed by atoms with E-state index in [0.29, 0.717) is 13.0 Å². The van der Waals surface area contributed by atoms with Gasteiger partial charge in [-0.1, -0.05) is 24.6 Å². The van der Waals surface area contributed by atoms with Gasteiger partial charge in [-0.05, 0) is 43.9 Å². The van der Waals surface area contributed by atoms with Crippen molar-refractivity contribution in [2.75, 3.05) is 13.7 Å². The molecule has 0 aliphatic heterocycles. The lowest BCUT2D eigenvalue weighted by Crippen LogP contribution is -2.34. The van der Waals surface area contributed by atoms with Crippen molar-refractivity contribution in [3.8, 4) is 0 Å². The van der Waals surface area contributed by atoms with Crippen LogP contribution in [0.15, 0.2) is 12.1 Å². The lowest BCUT2D eigenvalue weighted by molar-refractivity contribution is -0.136. The zero-order valence-electron chi connectivity index (χ0n) is 12.7. The first-order valence-corrected chi connectivity index (χ1v) is 6.83. The highest BCUT2D eigenvalue weighted by molar-refractivity contribution is 5.78. The first-order valence-electron chi connectivity index (χ1n) is 6.83. The molecule has 0 fully saturated rings. The van der Waals surface area contributed by atoms with Crippen molar-refractivity contribution < 1.29 is 9.90 Å². The van der Waals surface area contributed by atoms with Gasteiger partial charge in [-0.15, -0.1) is 0 Å². The summed E-state index contributed by atoms with van der Waals surface area (Å²) < 4.78 is 0. The molecule has 19 heavy (non-hydrogen) atoms. The zero-order chi connectivity index (χ0) is 14.6. The number of hydrogen-bond acceptors (Lipinski definition) is 2. The van der Waals surface area contributed by atoms with Crippen LogP contribution < -0.4 is 0 Å². The third kappa shape index (κ3) is 3.80. The molecular weight excluding hydrogens is 238 g/mol. The molecule has 1 atom stereocenters. The Labute approximate surface area is 116 Å². The molecule has 3 heteroatoms. The molecule has 1 amide bonds. The number of aliphatic hydroxyl groups excluding tert-OH is 1. The van der Waals surface area contributed by atoms with Crippen LogP contribution in [0.25, 0.3) is 0 Å². The molecule has 3 nitrogen and oxygen atoms in total. The van der Waals surface area contributed by atoms with Crippen molar-refractivity contribution in [2.24, 2.45) is 5.92 Å². The molecule has 0 radical (unpaired) electrons. The summed E-state index contributed by atoms with van der Waals surface area (Å²) in [6.07, 6.45) is 0.672. The Kier molecular flexibility index (Phi) is 5.55. The molecule has 1 rings (SSSR count). The minimum atomic E-state index is -0.281. The van der Waals surface area contributed by atoms with E-state index in [2.05, 4.69) is 32.9 Å². The fourth-order valence-corrected chi connectivity index (χ4v) is 2.47. The lowest BCUT2D eigenvalue weighted by atomic mass is 9.99. The summed E-state index contributed by atoms with van der Waals surface area (Å²) in [6.45, 7) is 8.69. The third-order valence-corrected chi connectivity index (χ3v) is 3.67. The van der Waals surface area contributed by atoms with E-state index in [4.69, 9.17) is 0 Å². The normalized spacial score (nSPS) is 12.3. The monoisotopic (exact) mass is 263 g/mol. The van der Waals surface area contributed by atoms with Gasteiger partial charge in [-0.2, -0.15) is 0 Å². The van der Waals surface area contributed by atoms with Crippen LogP contribution in [-0.2, 0) is 11.3 Å².